The minimum atomic E-state index is -0.351. The summed E-state index contributed by atoms with van der Waals surface area (Å²) >= 11 is 0. The van der Waals surface area contributed by atoms with Gasteiger partial charge in [-0.05, 0) is 115 Å². The number of allylic oxidation sites excluding steroid dienone is 9. The van der Waals surface area contributed by atoms with Gasteiger partial charge in [0.15, 0.2) is 0 Å². The quantitative estimate of drug-likeness (QED) is 0.248. The Morgan fingerprint density at radius 1 is 1.02 bits per heavy atom. The second-order valence-electron chi connectivity index (χ2n) is 19.7. The highest BCUT2D eigenvalue weighted by Gasteiger charge is 2.48. The summed E-state index contributed by atoms with van der Waals surface area (Å²) in [5, 5.41) is 2.60. The summed E-state index contributed by atoms with van der Waals surface area (Å²) < 4.78 is 19.3. The SMILES string of the molecule is CO/C1=C/C=c2/c3c(c4c(c2=CCC1)OC(C)(CC(C)(C)C(C)/C=C\CCN1CCCOCC1)CC=C4)C1(CCC(C)(C)CCC(C)C1)C1=CC=CC=C3C1. The molecule has 0 radical (unpaired) electrons. The van der Waals surface area contributed by atoms with Gasteiger partial charge in [-0.25, -0.2) is 0 Å². The van der Waals surface area contributed by atoms with E-state index in [4.69, 9.17) is 14.2 Å². The van der Waals surface area contributed by atoms with Crippen LogP contribution in [0.4, 0.5) is 0 Å². The predicted molar refractivity (Wildman–Crippen MR) is 232 cm³/mol. The third kappa shape index (κ3) is 8.62. The van der Waals surface area contributed by atoms with Gasteiger partial charge in [-0.1, -0.05) is 114 Å². The standard InChI is InChI=1S/C51H71NO3/c1-37-24-26-48(3,4)27-28-51(35-37)40-18-10-9-17-39(34-40)45-42-23-22-41(53-8)19-13-20-43(42)47-44(46(45)51)21-14-25-50(7,55-47)36-49(5,6)38(2)16-11-12-29-52-30-15-32-54-33-31-52/h9-11,14,16-18,20-23,37-38H,12-13,15,19,24-36H2,1-8H3/b16-11-,41-22+,42-23+,43-20?. The van der Waals surface area contributed by atoms with Crippen molar-refractivity contribution >= 4 is 23.8 Å². The maximum atomic E-state index is 7.71. The van der Waals surface area contributed by atoms with E-state index in [0.717, 1.165) is 89.3 Å². The van der Waals surface area contributed by atoms with Gasteiger partial charge >= 0.3 is 0 Å². The van der Waals surface area contributed by atoms with Crippen molar-refractivity contribution in [2.75, 3.05) is 40.0 Å². The molecule has 6 aliphatic rings. The monoisotopic (exact) mass is 746 g/mol. The molecule has 0 N–H and O–H groups in total. The van der Waals surface area contributed by atoms with Crippen LogP contribution in [0.25, 0.3) is 23.8 Å². The van der Waals surface area contributed by atoms with E-state index >= 15 is 0 Å². The fourth-order valence-corrected chi connectivity index (χ4v) is 10.8. The molecule has 0 amide bonds. The summed E-state index contributed by atoms with van der Waals surface area (Å²) in [5.74, 6) is 3.21. The molecule has 1 saturated carbocycles. The number of hydrogen-bond acceptors (Lipinski definition) is 4. The molecule has 55 heavy (non-hydrogen) atoms. The Labute approximate surface area is 333 Å². The highest BCUT2D eigenvalue weighted by Crippen LogP contribution is 2.57. The van der Waals surface area contributed by atoms with Gasteiger partial charge in [0.1, 0.15) is 11.4 Å². The average Bonchev–Trinajstić information content (AvgIpc) is 3.60. The predicted octanol–water partition coefficient (Wildman–Crippen LogP) is 11.0. The molecule has 1 aromatic carbocycles. The van der Waals surface area contributed by atoms with Crippen LogP contribution in [0.5, 0.6) is 5.75 Å². The summed E-state index contributed by atoms with van der Waals surface area (Å²) in [6.07, 6.45) is 39.5. The Morgan fingerprint density at radius 3 is 2.69 bits per heavy atom. The number of methoxy groups -OCH3 is 1. The summed E-state index contributed by atoms with van der Waals surface area (Å²) in [5.41, 5.74) is 7.33. The lowest BCUT2D eigenvalue weighted by atomic mass is 9.55. The van der Waals surface area contributed by atoms with Gasteiger partial charge in [-0.15, -0.1) is 0 Å². The molecule has 298 valence electrons. The van der Waals surface area contributed by atoms with Crippen LogP contribution in [-0.4, -0.2) is 50.5 Å². The first-order valence-electron chi connectivity index (χ1n) is 21.9. The van der Waals surface area contributed by atoms with Gasteiger partial charge in [0.05, 0.1) is 19.5 Å². The Balaban J connectivity index is 1.32. The van der Waals surface area contributed by atoms with Crippen LogP contribution in [0.1, 0.15) is 142 Å². The third-order valence-corrected chi connectivity index (χ3v) is 14.3. The van der Waals surface area contributed by atoms with Gasteiger partial charge in [0, 0.05) is 55.3 Å². The number of hydrogen-bond donors (Lipinski definition) is 0. The van der Waals surface area contributed by atoms with E-state index in [-0.39, 0.29) is 16.4 Å². The minimum Gasteiger partial charge on any atom is -0.501 e. The molecule has 4 nitrogen and oxygen atoms in total. The molecule has 4 atom stereocenters. The van der Waals surface area contributed by atoms with Crippen molar-refractivity contribution in [2.24, 2.45) is 22.7 Å². The molecular weight excluding hydrogens is 675 g/mol. The molecule has 1 saturated heterocycles. The van der Waals surface area contributed by atoms with Crippen molar-refractivity contribution in [3.8, 4) is 5.75 Å². The molecule has 2 fully saturated rings. The lowest BCUT2D eigenvalue weighted by Gasteiger charge is -2.48. The molecule has 2 aliphatic heterocycles. The lowest BCUT2D eigenvalue weighted by Crippen LogP contribution is -2.45. The van der Waals surface area contributed by atoms with Gasteiger partial charge in [0.25, 0.3) is 0 Å². The number of nitrogens with zero attached hydrogens (tertiary/aromatic N) is 1. The van der Waals surface area contributed by atoms with Gasteiger partial charge in [-0.3, -0.25) is 0 Å². The zero-order valence-electron chi connectivity index (χ0n) is 35.7. The second-order valence-corrected chi connectivity index (χ2v) is 19.7. The van der Waals surface area contributed by atoms with E-state index < -0.39 is 0 Å². The van der Waals surface area contributed by atoms with Crippen LogP contribution in [0, 0.1) is 22.7 Å². The van der Waals surface area contributed by atoms with Crippen molar-refractivity contribution < 1.29 is 14.2 Å². The van der Waals surface area contributed by atoms with E-state index in [9.17, 15) is 0 Å². The van der Waals surface area contributed by atoms with Crippen molar-refractivity contribution in [2.45, 2.75) is 137 Å². The fourth-order valence-electron chi connectivity index (χ4n) is 10.8. The zero-order chi connectivity index (χ0) is 38.8. The first-order valence-corrected chi connectivity index (χ1v) is 21.9. The van der Waals surface area contributed by atoms with E-state index in [0.29, 0.717) is 17.3 Å². The van der Waals surface area contributed by atoms with Crippen LogP contribution in [0.2, 0.25) is 0 Å². The summed E-state index contributed by atoms with van der Waals surface area (Å²) in [6, 6.07) is 0. The number of fused-ring (bicyclic) bond motifs is 11. The number of benzene rings is 1. The Bertz CT molecular complexity index is 1890. The van der Waals surface area contributed by atoms with Crippen LogP contribution < -0.4 is 15.2 Å². The normalized spacial score (nSPS) is 30.3. The molecule has 1 spiro atoms. The van der Waals surface area contributed by atoms with Crippen molar-refractivity contribution in [1.82, 2.24) is 4.90 Å². The zero-order valence-corrected chi connectivity index (χ0v) is 35.7. The largest absolute Gasteiger partial charge is 0.501 e. The summed E-state index contributed by atoms with van der Waals surface area (Å²) in [4.78, 5) is 2.56. The number of rotatable bonds is 8. The first kappa shape index (κ1) is 40.1. The molecule has 0 aromatic heterocycles. The summed E-state index contributed by atoms with van der Waals surface area (Å²) in [6.45, 7) is 22.3. The molecule has 4 unspecified atom stereocenters. The van der Waals surface area contributed by atoms with E-state index in [1.54, 1.807) is 5.57 Å². The molecular formula is C51H71NO3. The fraction of sp³-hybridized carbons (Fsp3) is 0.608. The second kappa shape index (κ2) is 16.4. The smallest absolute Gasteiger partial charge is 0.135 e. The van der Waals surface area contributed by atoms with Crippen molar-refractivity contribution in [3.63, 3.8) is 0 Å². The average molecular weight is 746 g/mol. The Kier molecular flexibility index (Phi) is 12.0. The van der Waals surface area contributed by atoms with Crippen LogP contribution in [0.15, 0.2) is 59.9 Å². The third-order valence-electron chi connectivity index (χ3n) is 14.3. The van der Waals surface area contributed by atoms with Crippen LogP contribution in [0.3, 0.4) is 0 Å². The van der Waals surface area contributed by atoms with Crippen molar-refractivity contribution in [1.29, 1.82) is 0 Å². The molecule has 7 rings (SSSR count). The first-order chi connectivity index (χ1) is 26.3. The minimum absolute atomic E-state index is 0.0467. The molecule has 1 aromatic rings. The Hall–Kier alpha value is -3.08. The topological polar surface area (TPSA) is 30.9 Å². The van der Waals surface area contributed by atoms with E-state index in [1.807, 2.05) is 7.11 Å². The maximum Gasteiger partial charge on any atom is 0.135 e. The highest BCUT2D eigenvalue weighted by atomic mass is 16.5. The summed E-state index contributed by atoms with van der Waals surface area (Å²) in [7, 11) is 1.82. The molecule has 4 aliphatic carbocycles. The van der Waals surface area contributed by atoms with Crippen LogP contribution in [-0.2, 0) is 14.9 Å². The lowest BCUT2D eigenvalue weighted by molar-refractivity contribution is 0.0299. The van der Waals surface area contributed by atoms with Gasteiger partial charge in [0.2, 0.25) is 0 Å². The Morgan fingerprint density at radius 2 is 1.85 bits per heavy atom. The number of ether oxygens (including phenoxy) is 3. The van der Waals surface area contributed by atoms with E-state index in [1.165, 1.54) is 64.8 Å². The van der Waals surface area contributed by atoms with Crippen molar-refractivity contribution in [3.05, 3.63) is 87.1 Å². The van der Waals surface area contributed by atoms with Gasteiger partial charge in [-0.2, -0.15) is 0 Å². The molecule has 4 heteroatoms. The maximum absolute atomic E-state index is 7.71. The molecule has 2 heterocycles. The van der Waals surface area contributed by atoms with Gasteiger partial charge < -0.3 is 19.1 Å². The highest BCUT2D eigenvalue weighted by molar-refractivity contribution is 5.85. The van der Waals surface area contributed by atoms with E-state index in [2.05, 4.69) is 120 Å². The van der Waals surface area contributed by atoms with Crippen LogP contribution >= 0.6 is 0 Å². The molecule has 2 bridgehead atoms.